The first kappa shape index (κ1) is 12.7. The molecule has 0 saturated carbocycles. The first-order valence-electron chi connectivity index (χ1n) is 6.61. The molecule has 1 atom stereocenters. The molecule has 0 bridgehead atoms. The largest absolute Gasteiger partial charge is 0.382 e. The van der Waals surface area contributed by atoms with Gasteiger partial charge in [-0.1, -0.05) is 62.4 Å². The van der Waals surface area contributed by atoms with E-state index in [0.29, 0.717) is 12.0 Å². The summed E-state index contributed by atoms with van der Waals surface area (Å²) < 4.78 is 0. The fourth-order valence-electron chi connectivity index (χ4n) is 2.07. The molecule has 18 heavy (non-hydrogen) atoms. The molecule has 1 nitrogen and oxygen atoms in total. The molecule has 1 N–H and O–H groups in total. The zero-order valence-electron chi connectivity index (χ0n) is 11.1. The van der Waals surface area contributed by atoms with Crippen LogP contribution in [0, 0.1) is 5.92 Å². The van der Waals surface area contributed by atoms with Crippen molar-refractivity contribution in [1.29, 1.82) is 0 Å². The predicted octanol–water partition coefficient (Wildman–Crippen LogP) is 4.37. The van der Waals surface area contributed by atoms with Crippen molar-refractivity contribution in [3.8, 4) is 0 Å². The smallest absolute Gasteiger partial charge is 0.0342 e. The quantitative estimate of drug-likeness (QED) is 0.817. The second kappa shape index (κ2) is 6.25. The molecule has 0 amide bonds. The van der Waals surface area contributed by atoms with Crippen LogP contribution in [0.15, 0.2) is 60.7 Å². The van der Waals surface area contributed by atoms with E-state index < -0.39 is 0 Å². The van der Waals surface area contributed by atoms with Gasteiger partial charge in [0.25, 0.3) is 0 Å². The van der Waals surface area contributed by atoms with Gasteiger partial charge < -0.3 is 5.32 Å². The van der Waals surface area contributed by atoms with E-state index in [1.165, 1.54) is 11.3 Å². The zero-order chi connectivity index (χ0) is 12.8. The predicted molar refractivity (Wildman–Crippen MR) is 78.8 cm³/mol. The summed E-state index contributed by atoms with van der Waals surface area (Å²) in [6.07, 6.45) is 1.06. The third-order valence-electron chi connectivity index (χ3n) is 3.23. The van der Waals surface area contributed by atoms with E-state index in [-0.39, 0.29) is 0 Å². The van der Waals surface area contributed by atoms with Gasteiger partial charge in [0, 0.05) is 11.7 Å². The van der Waals surface area contributed by atoms with Gasteiger partial charge in [-0.3, -0.25) is 0 Å². The fourth-order valence-corrected chi connectivity index (χ4v) is 2.07. The summed E-state index contributed by atoms with van der Waals surface area (Å²) in [7, 11) is 0. The van der Waals surface area contributed by atoms with Gasteiger partial charge in [0.2, 0.25) is 0 Å². The molecule has 0 aromatic heterocycles. The minimum atomic E-state index is 0.467. The standard InChI is InChI=1S/C17H21N/c1-14(2)17(13-15-9-5-3-6-10-15)18-16-11-7-4-8-12-16/h3-12,14,17-18H,13H2,1-2H3/t17-/m0/s1. The van der Waals surface area contributed by atoms with Crippen LogP contribution in [0.4, 0.5) is 5.69 Å². The summed E-state index contributed by atoms with van der Waals surface area (Å²) in [5, 5.41) is 3.63. The van der Waals surface area contributed by atoms with Crippen LogP contribution in [0.1, 0.15) is 19.4 Å². The molecule has 0 unspecified atom stereocenters. The Labute approximate surface area is 110 Å². The Morgan fingerprint density at radius 3 is 1.94 bits per heavy atom. The average Bonchev–Trinajstić information content (AvgIpc) is 2.40. The molecule has 0 radical (unpaired) electrons. The maximum absolute atomic E-state index is 3.63. The highest BCUT2D eigenvalue weighted by atomic mass is 14.9. The molecule has 0 heterocycles. The number of para-hydroxylation sites is 1. The van der Waals surface area contributed by atoms with Gasteiger partial charge in [0.1, 0.15) is 0 Å². The maximum atomic E-state index is 3.63. The first-order valence-corrected chi connectivity index (χ1v) is 6.61. The molecule has 94 valence electrons. The molecule has 0 aliphatic heterocycles. The van der Waals surface area contributed by atoms with E-state index >= 15 is 0 Å². The van der Waals surface area contributed by atoms with Crippen molar-refractivity contribution in [2.24, 2.45) is 5.92 Å². The van der Waals surface area contributed by atoms with E-state index in [1.54, 1.807) is 0 Å². The minimum absolute atomic E-state index is 0.467. The van der Waals surface area contributed by atoms with Crippen LogP contribution in [-0.2, 0) is 6.42 Å². The van der Waals surface area contributed by atoms with Crippen molar-refractivity contribution in [3.05, 3.63) is 66.2 Å². The fraction of sp³-hybridized carbons (Fsp3) is 0.294. The van der Waals surface area contributed by atoms with Gasteiger partial charge in [-0.25, -0.2) is 0 Å². The van der Waals surface area contributed by atoms with E-state index in [0.717, 1.165) is 6.42 Å². The van der Waals surface area contributed by atoms with Gasteiger partial charge in [-0.05, 0) is 30.0 Å². The topological polar surface area (TPSA) is 12.0 Å². The second-order valence-electron chi connectivity index (χ2n) is 5.05. The Morgan fingerprint density at radius 1 is 0.833 bits per heavy atom. The summed E-state index contributed by atoms with van der Waals surface area (Å²) in [4.78, 5) is 0. The Bertz CT molecular complexity index is 406. The van der Waals surface area contributed by atoms with Gasteiger partial charge in [0.05, 0.1) is 0 Å². The van der Waals surface area contributed by atoms with E-state index in [2.05, 4.69) is 73.8 Å². The van der Waals surface area contributed by atoms with E-state index in [9.17, 15) is 0 Å². The van der Waals surface area contributed by atoms with E-state index in [4.69, 9.17) is 0 Å². The average molecular weight is 239 g/mol. The van der Waals surface area contributed by atoms with Crippen molar-refractivity contribution in [2.75, 3.05) is 5.32 Å². The molecule has 0 spiro atoms. The molecule has 0 fully saturated rings. The Balaban J connectivity index is 2.05. The maximum Gasteiger partial charge on any atom is 0.0342 e. The van der Waals surface area contributed by atoms with Crippen LogP contribution in [0.3, 0.4) is 0 Å². The number of hydrogen-bond acceptors (Lipinski definition) is 1. The summed E-state index contributed by atoms with van der Waals surface area (Å²) >= 11 is 0. The van der Waals surface area contributed by atoms with Crippen LogP contribution in [0.2, 0.25) is 0 Å². The van der Waals surface area contributed by atoms with Gasteiger partial charge in [-0.15, -0.1) is 0 Å². The highest BCUT2D eigenvalue weighted by Crippen LogP contribution is 2.16. The third kappa shape index (κ3) is 3.63. The Hall–Kier alpha value is -1.76. The molecular weight excluding hydrogens is 218 g/mol. The van der Waals surface area contributed by atoms with Crippen LogP contribution in [0.25, 0.3) is 0 Å². The van der Waals surface area contributed by atoms with Crippen LogP contribution < -0.4 is 5.32 Å². The molecule has 0 aliphatic rings. The third-order valence-corrected chi connectivity index (χ3v) is 3.23. The summed E-state index contributed by atoms with van der Waals surface area (Å²) in [6, 6.07) is 21.6. The van der Waals surface area contributed by atoms with Gasteiger partial charge >= 0.3 is 0 Å². The molecule has 0 aliphatic carbocycles. The SMILES string of the molecule is CC(C)[C@H](Cc1ccccc1)Nc1ccccc1. The lowest BCUT2D eigenvalue weighted by atomic mass is 9.96. The van der Waals surface area contributed by atoms with Crippen molar-refractivity contribution in [3.63, 3.8) is 0 Å². The van der Waals surface area contributed by atoms with Crippen LogP contribution >= 0.6 is 0 Å². The molecule has 2 rings (SSSR count). The van der Waals surface area contributed by atoms with Crippen LogP contribution in [0.5, 0.6) is 0 Å². The van der Waals surface area contributed by atoms with E-state index in [1.807, 2.05) is 6.07 Å². The van der Waals surface area contributed by atoms with Crippen molar-refractivity contribution in [2.45, 2.75) is 26.3 Å². The zero-order valence-corrected chi connectivity index (χ0v) is 11.1. The Kier molecular flexibility index (Phi) is 4.40. The lowest BCUT2D eigenvalue weighted by Gasteiger charge is -2.23. The summed E-state index contributed by atoms with van der Waals surface area (Å²) in [6.45, 7) is 4.53. The molecule has 2 aromatic carbocycles. The van der Waals surface area contributed by atoms with Crippen LogP contribution in [-0.4, -0.2) is 6.04 Å². The number of nitrogens with one attached hydrogen (secondary N) is 1. The number of anilines is 1. The van der Waals surface area contributed by atoms with Crippen molar-refractivity contribution in [1.82, 2.24) is 0 Å². The molecular formula is C17H21N. The van der Waals surface area contributed by atoms with Gasteiger partial charge in [-0.2, -0.15) is 0 Å². The molecule has 0 saturated heterocycles. The lowest BCUT2D eigenvalue weighted by molar-refractivity contribution is 0.521. The highest BCUT2D eigenvalue weighted by Gasteiger charge is 2.13. The second-order valence-corrected chi connectivity index (χ2v) is 5.05. The van der Waals surface area contributed by atoms with Crippen molar-refractivity contribution < 1.29 is 0 Å². The van der Waals surface area contributed by atoms with Gasteiger partial charge in [0.15, 0.2) is 0 Å². The normalized spacial score (nSPS) is 12.4. The number of hydrogen-bond donors (Lipinski definition) is 1. The minimum Gasteiger partial charge on any atom is -0.382 e. The summed E-state index contributed by atoms with van der Waals surface area (Å²) in [5.41, 5.74) is 2.59. The van der Waals surface area contributed by atoms with Crippen molar-refractivity contribution >= 4 is 5.69 Å². The summed E-state index contributed by atoms with van der Waals surface area (Å²) in [5.74, 6) is 0.602. The lowest BCUT2D eigenvalue weighted by Crippen LogP contribution is -2.28. The number of rotatable bonds is 5. The highest BCUT2D eigenvalue weighted by molar-refractivity contribution is 5.43. The first-order chi connectivity index (χ1) is 8.75. The Morgan fingerprint density at radius 2 is 1.39 bits per heavy atom. The molecule has 1 heteroatoms. The monoisotopic (exact) mass is 239 g/mol. The number of benzene rings is 2. The molecule has 2 aromatic rings.